The maximum Gasteiger partial charge on any atom is 0.177 e. The van der Waals surface area contributed by atoms with E-state index in [2.05, 4.69) is 17.2 Å². The van der Waals surface area contributed by atoms with Crippen LogP contribution in [0.3, 0.4) is 0 Å². The Morgan fingerprint density at radius 1 is 0.941 bits per heavy atom. The van der Waals surface area contributed by atoms with E-state index in [-0.39, 0.29) is 0 Å². The average Bonchev–Trinajstić information content (AvgIpc) is 2.66. The average molecular weight is 245 g/mol. The Morgan fingerprint density at radius 2 is 1.53 bits per heavy atom. The van der Waals surface area contributed by atoms with Crippen LogP contribution in [0.2, 0.25) is 0 Å². The van der Waals surface area contributed by atoms with E-state index in [9.17, 15) is 4.57 Å². The molecule has 0 spiro atoms. The van der Waals surface area contributed by atoms with Crippen LogP contribution in [0.5, 0.6) is 0 Å². The molecule has 2 nitrogen and oxygen atoms in total. The molecule has 0 saturated heterocycles. The van der Waals surface area contributed by atoms with Gasteiger partial charge in [0.1, 0.15) is 0 Å². The fraction of sp³-hybridized carbons (Fsp3) is 0.286. The number of anilines is 1. The second-order valence-corrected chi connectivity index (χ2v) is 7.40. The molecule has 0 aromatic heterocycles. The van der Waals surface area contributed by atoms with Crippen LogP contribution in [-0.4, -0.2) is 12.3 Å². The summed E-state index contributed by atoms with van der Waals surface area (Å²) in [5.41, 5.74) is 3.78. The van der Waals surface area contributed by atoms with E-state index in [1.807, 2.05) is 30.3 Å². The minimum absolute atomic E-state index is 0.752. The van der Waals surface area contributed by atoms with Gasteiger partial charge in [0.05, 0.1) is 0 Å². The molecule has 0 bridgehead atoms. The van der Waals surface area contributed by atoms with Gasteiger partial charge in [0.15, 0.2) is 7.29 Å². The Hall–Kier alpha value is -1.27. The van der Waals surface area contributed by atoms with Gasteiger partial charge in [0, 0.05) is 18.0 Å². The summed E-state index contributed by atoms with van der Waals surface area (Å²) in [5, 5.41) is 3.26. The van der Waals surface area contributed by atoms with Gasteiger partial charge in [0.2, 0.25) is 0 Å². The van der Waals surface area contributed by atoms with Crippen LogP contribution in [0, 0.1) is 0 Å². The van der Waals surface area contributed by atoms with Crippen molar-refractivity contribution >= 4 is 13.0 Å². The van der Waals surface area contributed by atoms with E-state index in [4.69, 9.17) is 0 Å². The Bertz CT molecular complexity index is 506. The van der Waals surface area contributed by atoms with Gasteiger partial charge < -0.3 is 5.09 Å². The van der Waals surface area contributed by atoms with Gasteiger partial charge in [-0.2, -0.15) is 0 Å². The lowest BCUT2D eigenvalue weighted by molar-refractivity contribution is 0.582. The van der Waals surface area contributed by atoms with Crippen molar-refractivity contribution in [3.63, 3.8) is 0 Å². The van der Waals surface area contributed by atoms with E-state index in [0.29, 0.717) is 0 Å². The van der Waals surface area contributed by atoms with E-state index >= 15 is 0 Å². The molecule has 1 N–H and O–H groups in total. The first-order valence-electron chi connectivity index (χ1n) is 6.01. The fourth-order valence-electron chi connectivity index (χ4n) is 2.59. The fourth-order valence-corrected chi connectivity index (χ4v) is 5.42. The molecule has 0 fully saturated rings. The van der Waals surface area contributed by atoms with E-state index in [1.165, 1.54) is 11.1 Å². The molecule has 3 heteroatoms. The molecule has 17 heavy (non-hydrogen) atoms. The predicted molar refractivity (Wildman–Crippen MR) is 72.8 cm³/mol. The smallest absolute Gasteiger partial charge is 0.177 e. The number of allylic oxidation sites excluding steroid dienone is 4. The van der Waals surface area contributed by atoms with E-state index in [0.717, 1.165) is 30.9 Å². The Balaban J connectivity index is 1.76. The molecule has 0 saturated carbocycles. The third-order valence-electron chi connectivity index (χ3n) is 3.39. The largest absolute Gasteiger partial charge is 0.336 e. The summed E-state index contributed by atoms with van der Waals surface area (Å²) in [4.78, 5) is 0. The highest BCUT2D eigenvalue weighted by molar-refractivity contribution is 7.66. The molecule has 3 rings (SSSR count). The van der Waals surface area contributed by atoms with Crippen molar-refractivity contribution in [2.75, 3.05) is 17.4 Å². The number of hydrogen-bond donors (Lipinski definition) is 1. The molecule has 88 valence electrons. The van der Waals surface area contributed by atoms with Crippen molar-refractivity contribution in [2.45, 2.75) is 12.8 Å². The van der Waals surface area contributed by atoms with Crippen molar-refractivity contribution < 1.29 is 4.57 Å². The molecule has 0 amide bonds. The third kappa shape index (κ3) is 2.23. The molecule has 0 radical (unpaired) electrons. The van der Waals surface area contributed by atoms with Crippen LogP contribution in [-0.2, 0) is 4.57 Å². The van der Waals surface area contributed by atoms with E-state index in [1.54, 1.807) is 0 Å². The Morgan fingerprint density at radius 3 is 2.12 bits per heavy atom. The highest BCUT2D eigenvalue weighted by Crippen LogP contribution is 2.55. The highest BCUT2D eigenvalue weighted by atomic mass is 31.2. The minimum Gasteiger partial charge on any atom is -0.336 e. The maximum absolute atomic E-state index is 12.8. The first-order valence-corrected chi connectivity index (χ1v) is 8.09. The van der Waals surface area contributed by atoms with Crippen molar-refractivity contribution in [1.29, 1.82) is 0 Å². The Kier molecular flexibility index (Phi) is 2.68. The monoisotopic (exact) mass is 245 g/mol. The molecule has 1 heterocycles. The zero-order valence-electron chi connectivity index (χ0n) is 9.73. The summed E-state index contributed by atoms with van der Waals surface area (Å²) in [5.74, 6) is 0. The van der Waals surface area contributed by atoms with Crippen LogP contribution in [0.4, 0.5) is 5.69 Å². The van der Waals surface area contributed by atoms with Gasteiger partial charge in [-0.25, -0.2) is 0 Å². The second-order valence-electron chi connectivity index (χ2n) is 4.77. The van der Waals surface area contributed by atoms with Crippen LogP contribution < -0.4 is 5.09 Å². The lowest BCUT2D eigenvalue weighted by Crippen LogP contribution is -2.00. The molecule has 1 aromatic carbocycles. The summed E-state index contributed by atoms with van der Waals surface area (Å²) in [6.45, 7) is 0. The number of rotatable bonds is 2. The molecule has 1 aliphatic heterocycles. The van der Waals surface area contributed by atoms with Gasteiger partial charge in [0.25, 0.3) is 0 Å². The quantitative estimate of drug-likeness (QED) is 0.629. The zero-order chi connectivity index (χ0) is 11.7. The molecular formula is C14H16NOP. The predicted octanol–water partition coefficient (Wildman–Crippen LogP) is 4.04. The van der Waals surface area contributed by atoms with Crippen LogP contribution >= 0.6 is 7.29 Å². The Labute approximate surface area is 102 Å². The number of benzene rings is 1. The van der Waals surface area contributed by atoms with Crippen LogP contribution in [0.25, 0.3) is 0 Å². The summed E-state index contributed by atoms with van der Waals surface area (Å²) in [7, 11) is -2.26. The van der Waals surface area contributed by atoms with Gasteiger partial charge in [-0.05, 0) is 25.0 Å². The topological polar surface area (TPSA) is 29.1 Å². The summed E-state index contributed by atoms with van der Waals surface area (Å²) >= 11 is 0. The first kappa shape index (κ1) is 10.9. The standard InChI is InChI=1S/C14H16NOP/c16-17(15-14-8-2-1-3-9-14)10-12-6-4-5-7-13(12)11-17/h1-5,8-9H,6-7,10-11H2,(H,15,16). The second kappa shape index (κ2) is 4.19. The lowest BCUT2D eigenvalue weighted by Gasteiger charge is -2.15. The lowest BCUT2D eigenvalue weighted by atomic mass is 10.0. The summed E-state index contributed by atoms with van der Waals surface area (Å²) < 4.78 is 12.8. The summed E-state index contributed by atoms with van der Waals surface area (Å²) in [6, 6.07) is 9.88. The SMILES string of the molecule is O=P1(Nc2ccccc2)CC2=C(CC=CC2)C1. The van der Waals surface area contributed by atoms with Gasteiger partial charge in [-0.3, -0.25) is 4.57 Å². The molecule has 2 aliphatic rings. The molecule has 0 unspecified atom stereocenters. The first-order chi connectivity index (χ1) is 8.25. The van der Waals surface area contributed by atoms with E-state index < -0.39 is 7.29 Å². The van der Waals surface area contributed by atoms with Crippen molar-refractivity contribution in [3.8, 4) is 0 Å². The molecule has 1 aromatic rings. The zero-order valence-corrected chi connectivity index (χ0v) is 10.6. The molecular weight excluding hydrogens is 229 g/mol. The van der Waals surface area contributed by atoms with Gasteiger partial charge in [-0.1, -0.05) is 41.5 Å². The normalized spacial score (nSPS) is 21.4. The van der Waals surface area contributed by atoms with Crippen molar-refractivity contribution in [3.05, 3.63) is 53.6 Å². The van der Waals surface area contributed by atoms with Crippen molar-refractivity contribution in [2.24, 2.45) is 0 Å². The third-order valence-corrected chi connectivity index (χ3v) is 5.85. The number of para-hydroxylation sites is 1. The van der Waals surface area contributed by atoms with Crippen molar-refractivity contribution in [1.82, 2.24) is 0 Å². The van der Waals surface area contributed by atoms with Gasteiger partial charge in [-0.15, -0.1) is 0 Å². The van der Waals surface area contributed by atoms with Crippen LogP contribution in [0.1, 0.15) is 12.8 Å². The highest BCUT2D eigenvalue weighted by Gasteiger charge is 2.33. The molecule has 1 aliphatic carbocycles. The number of nitrogens with one attached hydrogen (secondary N) is 1. The van der Waals surface area contributed by atoms with Crippen LogP contribution in [0.15, 0.2) is 53.6 Å². The number of hydrogen-bond acceptors (Lipinski definition) is 1. The summed E-state index contributed by atoms with van der Waals surface area (Å²) in [6.07, 6.45) is 7.88. The maximum atomic E-state index is 12.8. The molecule has 0 atom stereocenters. The minimum atomic E-state index is -2.26. The van der Waals surface area contributed by atoms with Gasteiger partial charge >= 0.3 is 0 Å².